The summed E-state index contributed by atoms with van der Waals surface area (Å²) in [6.45, 7) is 5.83. The molecule has 1 atom stereocenters. The predicted molar refractivity (Wildman–Crippen MR) is 87.1 cm³/mol. The number of carbonyl (C=O) groups excluding carboxylic acids is 2. The van der Waals surface area contributed by atoms with Crippen LogP contribution in [0.3, 0.4) is 0 Å². The quantitative estimate of drug-likeness (QED) is 0.909. The van der Waals surface area contributed by atoms with E-state index in [9.17, 15) is 9.59 Å². The average Bonchev–Trinajstić information content (AvgIpc) is 2.54. The normalized spacial score (nSPS) is 21.5. The number of rotatable bonds is 5. The fraction of sp³-hybridized carbons (Fsp3) is 0.556. The molecule has 1 heterocycles. The highest BCUT2D eigenvalue weighted by Gasteiger charge is 2.38. The van der Waals surface area contributed by atoms with Crippen molar-refractivity contribution < 1.29 is 9.59 Å². The Morgan fingerprint density at radius 1 is 1.27 bits per heavy atom. The van der Waals surface area contributed by atoms with Crippen LogP contribution in [0.5, 0.6) is 0 Å². The summed E-state index contributed by atoms with van der Waals surface area (Å²) in [5.74, 6) is 0.217. The molecule has 1 aromatic carbocycles. The number of nitrogens with zero attached hydrogens (tertiary/aromatic N) is 1. The highest BCUT2D eigenvalue weighted by Crippen LogP contribution is 2.30. The molecule has 1 unspecified atom stereocenters. The van der Waals surface area contributed by atoms with Crippen molar-refractivity contribution in [3.8, 4) is 0 Å². The first-order chi connectivity index (χ1) is 10.5. The van der Waals surface area contributed by atoms with Gasteiger partial charge in [-0.1, -0.05) is 37.3 Å². The van der Waals surface area contributed by atoms with Gasteiger partial charge in [0, 0.05) is 26.1 Å². The molecule has 1 aliphatic heterocycles. The smallest absolute Gasteiger partial charge is 0.227 e. The van der Waals surface area contributed by atoms with Crippen LogP contribution < -0.4 is 5.32 Å². The third-order valence-corrected chi connectivity index (χ3v) is 4.36. The first-order valence-electron chi connectivity index (χ1n) is 8.15. The van der Waals surface area contributed by atoms with Gasteiger partial charge >= 0.3 is 0 Å². The Kier molecular flexibility index (Phi) is 5.58. The number of carbonyl (C=O) groups is 2. The zero-order chi connectivity index (χ0) is 16.0. The van der Waals surface area contributed by atoms with Crippen molar-refractivity contribution in [3.63, 3.8) is 0 Å². The lowest BCUT2D eigenvalue weighted by Crippen LogP contribution is -2.51. The number of nitrogens with one attached hydrogen (secondary N) is 1. The van der Waals surface area contributed by atoms with Crippen molar-refractivity contribution in [2.24, 2.45) is 5.41 Å². The van der Waals surface area contributed by atoms with Crippen LogP contribution in [-0.4, -0.2) is 29.8 Å². The van der Waals surface area contributed by atoms with Crippen LogP contribution in [0.15, 0.2) is 30.3 Å². The minimum absolute atomic E-state index is 0.0466. The van der Waals surface area contributed by atoms with Crippen LogP contribution in [0.25, 0.3) is 0 Å². The number of amides is 2. The number of benzene rings is 1. The fourth-order valence-electron chi connectivity index (χ4n) is 3.00. The predicted octanol–water partition coefficient (Wildman–Crippen LogP) is 2.73. The van der Waals surface area contributed by atoms with E-state index in [4.69, 9.17) is 0 Å². The van der Waals surface area contributed by atoms with Crippen LogP contribution in [-0.2, 0) is 16.1 Å². The molecule has 0 aliphatic carbocycles. The third kappa shape index (κ3) is 4.09. The van der Waals surface area contributed by atoms with Gasteiger partial charge in [-0.25, -0.2) is 0 Å². The van der Waals surface area contributed by atoms with E-state index in [0.717, 1.165) is 31.4 Å². The molecule has 1 fully saturated rings. The molecule has 4 nitrogen and oxygen atoms in total. The van der Waals surface area contributed by atoms with Crippen LogP contribution in [0.1, 0.15) is 45.1 Å². The van der Waals surface area contributed by atoms with E-state index < -0.39 is 5.41 Å². The van der Waals surface area contributed by atoms with Crippen LogP contribution >= 0.6 is 0 Å². The van der Waals surface area contributed by atoms with Gasteiger partial charge in [0.15, 0.2) is 0 Å². The lowest BCUT2D eigenvalue weighted by Gasteiger charge is -2.39. The van der Waals surface area contributed by atoms with Gasteiger partial charge in [0.05, 0.1) is 5.41 Å². The molecule has 22 heavy (non-hydrogen) atoms. The summed E-state index contributed by atoms with van der Waals surface area (Å²) >= 11 is 0. The molecule has 0 bridgehead atoms. The molecule has 2 amide bonds. The van der Waals surface area contributed by atoms with Crippen LogP contribution in [0, 0.1) is 5.41 Å². The van der Waals surface area contributed by atoms with Gasteiger partial charge in [-0.05, 0) is 31.7 Å². The van der Waals surface area contributed by atoms with Gasteiger partial charge in [0.25, 0.3) is 0 Å². The maximum atomic E-state index is 12.6. The van der Waals surface area contributed by atoms with Crippen molar-refractivity contribution in [1.29, 1.82) is 0 Å². The average molecular weight is 302 g/mol. The maximum absolute atomic E-state index is 12.6. The summed E-state index contributed by atoms with van der Waals surface area (Å²) in [5, 5.41) is 3.02. The molecule has 4 heteroatoms. The molecule has 1 aliphatic rings. The van der Waals surface area contributed by atoms with E-state index in [1.807, 2.05) is 49.1 Å². The molecule has 2 rings (SSSR count). The van der Waals surface area contributed by atoms with E-state index in [2.05, 4.69) is 5.32 Å². The SMILES string of the molecule is CCCC(=O)N1CCCC(C)(C(=O)NCc2ccccc2)C1. The fourth-order valence-corrected chi connectivity index (χ4v) is 3.00. The third-order valence-electron chi connectivity index (χ3n) is 4.36. The molecule has 0 spiro atoms. The second kappa shape index (κ2) is 7.43. The Morgan fingerprint density at radius 3 is 2.68 bits per heavy atom. The minimum Gasteiger partial charge on any atom is -0.351 e. The van der Waals surface area contributed by atoms with Crippen molar-refractivity contribution in [3.05, 3.63) is 35.9 Å². The molecular weight excluding hydrogens is 276 g/mol. The summed E-state index contributed by atoms with van der Waals surface area (Å²) < 4.78 is 0. The molecular formula is C18H26N2O2. The first-order valence-corrected chi connectivity index (χ1v) is 8.15. The number of piperidine rings is 1. The van der Waals surface area contributed by atoms with Gasteiger partial charge < -0.3 is 10.2 Å². The van der Waals surface area contributed by atoms with E-state index in [-0.39, 0.29) is 11.8 Å². The standard InChI is InChI=1S/C18H26N2O2/c1-3-8-16(21)20-12-7-11-18(2,14-20)17(22)19-13-15-9-5-4-6-10-15/h4-6,9-10H,3,7-8,11-14H2,1-2H3,(H,19,22). The van der Waals surface area contributed by atoms with Gasteiger partial charge in [-0.3, -0.25) is 9.59 Å². The Hall–Kier alpha value is -1.84. The Balaban J connectivity index is 1.93. The van der Waals surface area contributed by atoms with Crippen LogP contribution in [0.4, 0.5) is 0 Å². The van der Waals surface area contributed by atoms with Crippen molar-refractivity contribution in [2.45, 2.75) is 46.1 Å². The van der Waals surface area contributed by atoms with Crippen molar-refractivity contribution in [2.75, 3.05) is 13.1 Å². The second-order valence-corrected chi connectivity index (χ2v) is 6.40. The largest absolute Gasteiger partial charge is 0.351 e. The Bertz CT molecular complexity index is 515. The summed E-state index contributed by atoms with van der Waals surface area (Å²) in [6.07, 6.45) is 3.15. The summed E-state index contributed by atoms with van der Waals surface area (Å²) in [5.41, 5.74) is 0.616. The first kappa shape index (κ1) is 16.5. The molecule has 0 saturated carbocycles. The van der Waals surface area contributed by atoms with Gasteiger partial charge in [0.1, 0.15) is 0 Å². The lowest BCUT2D eigenvalue weighted by molar-refractivity contribution is -0.140. The lowest BCUT2D eigenvalue weighted by atomic mass is 9.80. The molecule has 0 aromatic heterocycles. The molecule has 0 radical (unpaired) electrons. The molecule has 1 saturated heterocycles. The van der Waals surface area contributed by atoms with E-state index in [0.29, 0.717) is 19.5 Å². The van der Waals surface area contributed by atoms with E-state index >= 15 is 0 Å². The topological polar surface area (TPSA) is 49.4 Å². The van der Waals surface area contributed by atoms with E-state index in [1.54, 1.807) is 0 Å². The molecule has 120 valence electrons. The number of hydrogen-bond acceptors (Lipinski definition) is 2. The summed E-state index contributed by atoms with van der Waals surface area (Å²) in [6, 6.07) is 9.90. The minimum atomic E-state index is -0.476. The van der Waals surface area contributed by atoms with Crippen LogP contribution in [0.2, 0.25) is 0 Å². The zero-order valence-electron chi connectivity index (χ0n) is 13.6. The number of likely N-dealkylation sites (tertiary alicyclic amines) is 1. The maximum Gasteiger partial charge on any atom is 0.227 e. The Morgan fingerprint density at radius 2 is 2.00 bits per heavy atom. The zero-order valence-corrected chi connectivity index (χ0v) is 13.6. The molecule has 1 aromatic rings. The highest BCUT2D eigenvalue weighted by atomic mass is 16.2. The number of hydrogen-bond donors (Lipinski definition) is 1. The Labute approximate surface area is 132 Å². The van der Waals surface area contributed by atoms with E-state index in [1.165, 1.54) is 0 Å². The van der Waals surface area contributed by atoms with Crippen molar-refractivity contribution in [1.82, 2.24) is 10.2 Å². The monoisotopic (exact) mass is 302 g/mol. The van der Waals surface area contributed by atoms with Crippen molar-refractivity contribution >= 4 is 11.8 Å². The summed E-state index contributed by atoms with van der Waals surface area (Å²) in [4.78, 5) is 26.5. The van der Waals surface area contributed by atoms with Gasteiger partial charge in [0.2, 0.25) is 11.8 Å². The second-order valence-electron chi connectivity index (χ2n) is 6.40. The van der Waals surface area contributed by atoms with Gasteiger partial charge in [-0.15, -0.1) is 0 Å². The van der Waals surface area contributed by atoms with Gasteiger partial charge in [-0.2, -0.15) is 0 Å². The summed E-state index contributed by atoms with van der Waals surface area (Å²) in [7, 11) is 0. The molecule has 1 N–H and O–H groups in total. The highest BCUT2D eigenvalue weighted by molar-refractivity contribution is 5.84.